The summed E-state index contributed by atoms with van der Waals surface area (Å²) < 4.78 is 0.978. The summed E-state index contributed by atoms with van der Waals surface area (Å²) >= 11 is 8.34. The molecule has 0 aliphatic heterocycles. The normalized spacial score (nSPS) is 11.5. The zero-order valence-corrected chi connectivity index (χ0v) is 10.9. The fraction of sp³-hybridized carbons (Fsp3) is 0. The molecule has 2 aromatic rings. The SMILES string of the molecule is S=c1scc(/C=C/C=C/c2ccccc2)s1. The zero-order chi connectivity index (χ0) is 11.2. The van der Waals surface area contributed by atoms with E-state index in [1.807, 2.05) is 30.4 Å². The topological polar surface area (TPSA) is 0 Å². The maximum absolute atomic E-state index is 5.07. The Morgan fingerprint density at radius 3 is 2.44 bits per heavy atom. The van der Waals surface area contributed by atoms with Crippen molar-refractivity contribution in [1.82, 2.24) is 0 Å². The average molecular weight is 262 g/mol. The maximum Gasteiger partial charge on any atom is 0.144 e. The highest BCUT2D eigenvalue weighted by Crippen LogP contribution is 2.18. The van der Waals surface area contributed by atoms with Gasteiger partial charge in [0.2, 0.25) is 0 Å². The molecule has 3 heteroatoms. The molecule has 16 heavy (non-hydrogen) atoms. The van der Waals surface area contributed by atoms with Gasteiger partial charge >= 0.3 is 0 Å². The lowest BCUT2D eigenvalue weighted by Gasteiger charge is -1.88. The van der Waals surface area contributed by atoms with E-state index in [4.69, 9.17) is 12.2 Å². The summed E-state index contributed by atoms with van der Waals surface area (Å²) in [5, 5.41) is 2.08. The quantitative estimate of drug-likeness (QED) is 0.536. The smallest absolute Gasteiger partial charge is 0.121 e. The van der Waals surface area contributed by atoms with E-state index in [0.29, 0.717) is 0 Å². The summed E-state index contributed by atoms with van der Waals surface area (Å²) in [4.78, 5) is 1.22. The fourth-order valence-electron chi connectivity index (χ4n) is 1.21. The number of benzene rings is 1. The standard InChI is InChI=1S/C13H10S3/c14-13-15-10-12(16-13)9-5-4-8-11-6-2-1-3-7-11/h1-10H/b8-4+,9-5+. The molecule has 2 rings (SSSR count). The van der Waals surface area contributed by atoms with Gasteiger partial charge in [0.25, 0.3) is 0 Å². The van der Waals surface area contributed by atoms with Crippen molar-refractivity contribution in [3.63, 3.8) is 0 Å². The van der Waals surface area contributed by atoms with Crippen molar-refractivity contribution in [2.75, 3.05) is 0 Å². The first-order chi connectivity index (χ1) is 7.84. The lowest BCUT2D eigenvalue weighted by molar-refractivity contribution is 1.66. The summed E-state index contributed by atoms with van der Waals surface area (Å²) in [6, 6.07) is 10.3. The summed E-state index contributed by atoms with van der Waals surface area (Å²) in [5.41, 5.74) is 1.21. The second kappa shape index (κ2) is 5.89. The molecule has 0 spiro atoms. The van der Waals surface area contributed by atoms with E-state index >= 15 is 0 Å². The monoisotopic (exact) mass is 262 g/mol. The van der Waals surface area contributed by atoms with Crippen molar-refractivity contribution in [1.29, 1.82) is 0 Å². The van der Waals surface area contributed by atoms with Crippen LogP contribution in [-0.2, 0) is 0 Å². The third kappa shape index (κ3) is 3.52. The Bertz CT molecular complexity index is 544. The summed E-state index contributed by atoms with van der Waals surface area (Å²) in [6.07, 6.45) is 8.25. The molecule has 0 fully saturated rings. The third-order valence-electron chi connectivity index (χ3n) is 1.93. The van der Waals surface area contributed by atoms with E-state index in [-0.39, 0.29) is 0 Å². The molecule has 0 N–H and O–H groups in total. The van der Waals surface area contributed by atoms with Crippen molar-refractivity contribution < 1.29 is 0 Å². The predicted octanol–water partition coefficient (Wildman–Crippen LogP) is 5.27. The molecular weight excluding hydrogens is 252 g/mol. The lowest BCUT2D eigenvalue weighted by Crippen LogP contribution is -1.66. The van der Waals surface area contributed by atoms with Crippen LogP contribution in [-0.4, -0.2) is 0 Å². The summed E-state index contributed by atoms with van der Waals surface area (Å²) in [6.45, 7) is 0. The minimum Gasteiger partial charge on any atom is -0.121 e. The lowest BCUT2D eigenvalue weighted by atomic mass is 10.2. The van der Waals surface area contributed by atoms with Gasteiger partial charge in [0.1, 0.15) is 3.14 Å². The highest BCUT2D eigenvalue weighted by Gasteiger charge is 1.87. The van der Waals surface area contributed by atoms with Crippen LogP contribution >= 0.6 is 34.9 Å². The van der Waals surface area contributed by atoms with Gasteiger partial charge in [0, 0.05) is 10.3 Å². The van der Waals surface area contributed by atoms with Gasteiger partial charge in [0.05, 0.1) is 0 Å². The van der Waals surface area contributed by atoms with Gasteiger partial charge in [-0.05, 0) is 11.6 Å². The van der Waals surface area contributed by atoms with E-state index in [9.17, 15) is 0 Å². The first-order valence-corrected chi connectivity index (χ1v) is 6.93. The molecule has 0 nitrogen and oxygen atoms in total. The Hall–Kier alpha value is -1.03. The van der Waals surface area contributed by atoms with Crippen LogP contribution in [0.2, 0.25) is 0 Å². The van der Waals surface area contributed by atoms with Crippen molar-refractivity contribution in [2.24, 2.45) is 0 Å². The summed E-state index contributed by atoms with van der Waals surface area (Å²) in [7, 11) is 0. The van der Waals surface area contributed by atoms with E-state index in [1.165, 1.54) is 10.4 Å². The molecule has 1 aromatic carbocycles. The number of hydrogen-bond donors (Lipinski definition) is 0. The molecule has 1 aromatic heterocycles. The molecule has 80 valence electrons. The minimum atomic E-state index is 0.978. The molecule has 0 aliphatic rings. The molecule has 0 amide bonds. The second-order valence-corrected chi connectivity index (χ2v) is 6.27. The average Bonchev–Trinajstić information content (AvgIpc) is 2.72. The van der Waals surface area contributed by atoms with Gasteiger partial charge in [-0.15, -0.1) is 22.7 Å². The predicted molar refractivity (Wildman–Crippen MR) is 77.5 cm³/mol. The molecule has 0 aliphatic carbocycles. The second-order valence-electron chi connectivity index (χ2n) is 3.12. The van der Waals surface area contributed by atoms with Crippen LogP contribution in [0.4, 0.5) is 0 Å². The van der Waals surface area contributed by atoms with Crippen LogP contribution in [0.3, 0.4) is 0 Å². The van der Waals surface area contributed by atoms with E-state index in [0.717, 1.165) is 3.14 Å². The van der Waals surface area contributed by atoms with Crippen molar-refractivity contribution in [3.05, 3.63) is 61.4 Å². The van der Waals surface area contributed by atoms with E-state index < -0.39 is 0 Å². The van der Waals surface area contributed by atoms with Crippen LogP contribution < -0.4 is 0 Å². The molecule has 0 radical (unpaired) electrons. The minimum absolute atomic E-state index is 0.978. The number of hydrogen-bond acceptors (Lipinski definition) is 3. The molecule has 1 heterocycles. The first kappa shape index (κ1) is 11.5. The number of allylic oxidation sites excluding steroid dienone is 2. The highest BCUT2D eigenvalue weighted by molar-refractivity contribution is 7.76. The molecule has 0 saturated carbocycles. The Morgan fingerprint density at radius 1 is 1.00 bits per heavy atom. The van der Waals surface area contributed by atoms with Gasteiger partial charge in [-0.25, -0.2) is 0 Å². The maximum atomic E-state index is 5.07. The van der Waals surface area contributed by atoms with Gasteiger partial charge in [-0.3, -0.25) is 0 Å². The van der Waals surface area contributed by atoms with Crippen LogP contribution in [0.15, 0.2) is 47.9 Å². The van der Waals surface area contributed by atoms with Crippen molar-refractivity contribution >= 4 is 47.0 Å². The summed E-state index contributed by atoms with van der Waals surface area (Å²) in [5.74, 6) is 0. The highest BCUT2D eigenvalue weighted by atomic mass is 32.2. The zero-order valence-electron chi connectivity index (χ0n) is 8.50. The molecule has 0 atom stereocenters. The van der Waals surface area contributed by atoms with Gasteiger partial charge in [0.15, 0.2) is 0 Å². The Morgan fingerprint density at radius 2 is 1.75 bits per heavy atom. The molecule has 0 unspecified atom stereocenters. The van der Waals surface area contributed by atoms with Gasteiger partial charge in [-0.2, -0.15) is 0 Å². The third-order valence-corrected chi connectivity index (χ3v) is 4.38. The van der Waals surface area contributed by atoms with Crippen LogP contribution in [0.25, 0.3) is 12.2 Å². The fourth-order valence-corrected chi connectivity index (χ4v) is 3.23. The van der Waals surface area contributed by atoms with Crippen LogP contribution in [0, 0.1) is 3.14 Å². The van der Waals surface area contributed by atoms with Crippen LogP contribution in [0.5, 0.6) is 0 Å². The van der Waals surface area contributed by atoms with Crippen molar-refractivity contribution in [3.8, 4) is 0 Å². The van der Waals surface area contributed by atoms with Crippen LogP contribution in [0.1, 0.15) is 10.4 Å². The van der Waals surface area contributed by atoms with Gasteiger partial charge < -0.3 is 0 Å². The van der Waals surface area contributed by atoms with Gasteiger partial charge in [-0.1, -0.05) is 60.8 Å². The molecule has 0 bridgehead atoms. The Balaban J connectivity index is 2.00. The number of rotatable bonds is 3. The van der Waals surface area contributed by atoms with E-state index in [1.54, 1.807) is 22.7 Å². The first-order valence-electron chi connectivity index (χ1n) is 4.83. The van der Waals surface area contributed by atoms with E-state index in [2.05, 4.69) is 29.7 Å². The molecule has 0 saturated heterocycles. The van der Waals surface area contributed by atoms with Crippen molar-refractivity contribution in [2.45, 2.75) is 0 Å². The Kier molecular flexibility index (Phi) is 4.22. The largest absolute Gasteiger partial charge is 0.144 e. The molecular formula is C13H10S3. The Labute approximate surface area is 108 Å².